The van der Waals surface area contributed by atoms with Crippen LogP contribution in [-0.4, -0.2) is 11.1 Å². The molecule has 5 rings (SSSR count). The van der Waals surface area contributed by atoms with E-state index in [-0.39, 0.29) is 6.17 Å². The van der Waals surface area contributed by atoms with Crippen LogP contribution in [0.2, 0.25) is 5.02 Å². The molecule has 3 aromatic carbocycles. The summed E-state index contributed by atoms with van der Waals surface area (Å²) in [5.74, 6) is 0.221. The van der Waals surface area contributed by atoms with Crippen LogP contribution in [0.4, 0.5) is 11.4 Å². The molecule has 0 radical (unpaired) electrons. The summed E-state index contributed by atoms with van der Waals surface area (Å²) in [6.45, 7) is 0. The minimum Gasteiger partial charge on any atom is -0.481 e. The fourth-order valence-corrected chi connectivity index (χ4v) is 5.21. The number of hydrogen-bond acceptors (Lipinski definition) is 3. The Labute approximate surface area is 193 Å². The Balaban J connectivity index is 1.22. The summed E-state index contributed by atoms with van der Waals surface area (Å²) >= 11 is 6.10. The third-order valence-electron chi connectivity index (χ3n) is 6.85. The number of aliphatic carboxylic acids is 1. The van der Waals surface area contributed by atoms with Crippen LogP contribution in [0.25, 0.3) is 11.1 Å². The fraction of sp³-hybridized carbons (Fsp3) is 0.296. The van der Waals surface area contributed by atoms with Crippen LogP contribution in [0, 0.1) is 5.92 Å². The summed E-state index contributed by atoms with van der Waals surface area (Å²) in [5, 5.41) is 16.7. The van der Waals surface area contributed by atoms with Crippen LogP contribution in [-0.2, 0) is 4.79 Å². The molecular weight excluding hydrogens is 420 g/mol. The Bertz CT molecular complexity index is 1100. The zero-order valence-electron chi connectivity index (χ0n) is 17.9. The Morgan fingerprint density at radius 1 is 0.812 bits per heavy atom. The molecule has 3 aromatic rings. The lowest BCUT2D eigenvalue weighted by Gasteiger charge is -2.28. The average Bonchev–Trinajstić information content (AvgIpc) is 3.23. The smallest absolute Gasteiger partial charge is 0.303 e. The van der Waals surface area contributed by atoms with Crippen molar-refractivity contribution in [3.05, 3.63) is 82.9 Å². The van der Waals surface area contributed by atoms with E-state index in [4.69, 9.17) is 16.7 Å². The van der Waals surface area contributed by atoms with Gasteiger partial charge in [-0.05, 0) is 78.0 Å². The summed E-state index contributed by atoms with van der Waals surface area (Å²) < 4.78 is 0. The normalized spacial score (nSPS) is 22.0. The molecule has 1 heterocycles. The molecule has 3 N–H and O–H groups in total. The van der Waals surface area contributed by atoms with Crippen molar-refractivity contribution in [3.63, 3.8) is 0 Å². The van der Waals surface area contributed by atoms with Gasteiger partial charge in [0, 0.05) is 11.4 Å². The maximum Gasteiger partial charge on any atom is 0.303 e. The maximum atomic E-state index is 10.9. The van der Waals surface area contributed by atoms with Gasteiger partial charge in [0.15, 0.2) is 0 Å². The number of halogens is 1. The number of nitrogens with one attached hydrogen (secondary N) is 2. The molecule has 1 aliphatic carbocycles. The Hall–Kier alpha value is -2.98. The van der Waals surface area contributed by atoms with Crippen LogP contribution in [0.3, 0.4) is 0 Å². The second-order valence-corrected chi connectivity index (χ2v) is 9.41. The van der Waals surface area contributed by atoms with E-state index < -0.39 is 5.97 Å². The molecule has 32 heavy (non-hydrogen) atoms. The van der Waals surface area contributed by atoms with Gasteiger partial charge in [-0.25, -0.2) is 0 Å². The van der Waals surface area contributed by atoms with E-state index in [1.54, 1.807) is 0 Å². The van der Waals surface area contributed by atoms with E-state index in [0.29, 0.717) is 18.3 Å². The molecule has 0 amide bonds. The highest BCUT2D eigenvalue weighted by molar-refractivity contribution is 6.31. The van der Waals surface area contributed by atoms with Gasteiger partial charge in [-0.1, -0.05) is 60.1 Å². The molecule has 164 valence electrons. The van der Waals surface area contributed by atoms with Crippen LogP contribution < -0.4 is 10.6 Å². The molecule has 5 heteroatoms. The number of carbonyl (C=O) groups is 1. The van der Waals surface area contributed by atoms with Crippen LogP contribution in [0.5, 0.6) is 0 Å². The second-order valence-electron chi connectivity index (χ2n) is 8.97. The lowest BCUT2D eigenvalue weighted by atomic mass is 9.77. The van der Waals surface area contributed by atoms with Crippen molar-refractivity contribution in [2.45, 2.75) is 44.2 Å². The monoisotopic (exact) mass is 446 g/mol. The molecule has 1 saturated carbocycles. The number of carboxylic acid groups (broad SMARTS) is 1. The molecule has 2 aliphatic rings. The van der Waals surface area contributed by atoms with Gasteiger partial charge in [0.1, 0.15) is 6.17 Å². The number of anilines is 2. The highest BCUT2D eigenvalue weighted by Gasteiger charge is 2.24. The van der Waals surface area contributed by atoms with Crippen LogP contribution in [0.1, 0.15) is 55.3 Å². The van der Waals surface area contributed by atoms with Gasteiger partial charge >= 0.3 is 5.97 Å². The second kappa shape index (κ2) is 8.87. The van der Waals surface area contributed by atoms with Crippen molar-refractivity contribution in [2.75, 3.05) is 10.6 Å². The predicted molar refractivity (Wildman–Crippen MR) is 130 cm³/mol. The van der Waals surface area contributed by atoms with Gasteiger partial charge in [-0.3, -0.25) is 4.79 Å². The third kappa shape index (κ3) is 4.46. The Kier molecular flexibility index (Phi) is 5.79. The summed E-state index contributed by atoms with van der Waals surface area (Å²) in [5.41, 5.74) is 7.05. The summed E-state index contributed by atoms with van der Waals surface area (Å²) in [7, 11) is 0. The SMILES string of the molecule is O=C(O)CC1CCC(c2ccc(-c3ccc(C4Nc5ccc(Cl)cc5N4)cc3)cc2)CC1. The van der Waals surface area contributed by atoms with Gasteiger partial charge in [-0.2, -0.15) is 0 Å². The van der Waals surface area contributed by atoms with E-state index in [1.165, 1.54) is 22.3 Å². The summed E-state index contributed by atoms with van der Waals surface area (Å²) in [4.78, 5) is 10.9. The summed E-state index contributed by atoms with van der Waals surface area (Å²) in [6, 6.07) is 23.4. The molecule has 1 fully saturated rings. The van der Waals surface area contributed by atoms with Gasteiger partial charge in [0.2, 0.25) is 0 Å². The van der Waals surface area contributed by atoms with E-state index in [1.807, 2.05) is 18.2 Å². The zero-order valence-corrected chi connectivity index (χ0v) is 18.6. The minimum absolute atomic E-state index is 0.0381. The standard InChI is InChI=1S/C27H27ClN2O2/c28-23-13-14-24-25(16-23)30-27(29-24)22-11-9-21(10-12-22)20-7-5-19(6-8-20)18-3-1-17(2-4-18)15-26(31)32/h5-14,16-18,27,29-30H,1-4,15H2,(H,31,32). The van der Waals surface area contributed by atoms with Crippen molar-refractivity contribution in [3.8, 4) is 11.1 Å². The average molecular weight is 447 g/mol. The predicted octanol–water partition coefficient (Wildman–Crippen LogP) is 7.29. The van der Waals surface area contributed by atoms with E-state index in [2.05, 4.69) is 59.2 Å². The molecule has 1 atom stereocenters. The molecule has 1 unspecified atom stereocenters. The highest BCUT2D eigenvalue weighted by atomic mass is 35.5. The van der Waals surface area contributed by atoms with Crippen LogP contribution >= 0.6 is 11.6 Å². The van der Waals surface area contributed by atoms with Gasteiger partial charge in [-0.15, -0.1) is 0 Å². The van der Waals surface area contributed by atoms with E-state index >= 15 is 0 Å². The number of carboxylic acids is 1. The minimum atomic E-state index is -0.669. The first-order valence-corrected chi connectivity index (χ1v) is 11.7. The van der Waals surface area contributed by atoms with Crippen molar-refractivity contribution in [1.29, 1.82) is 0 Å². The van der Waals surface area contributed by atoms with Crippen molar-refractivity contribution >= 4 is 28.9 Å². The lowest BCUT2D eigenvalue weighted by molar-refractivity contribution is -0.138. The van der Waals surface area contributed by atoms with Crippen molar-refractivity contribution in [2.24, 2.45) is 5.92 Å². The van der Waals surface area contributed by atoms with Crippen molar-refractivity contribution < 1.29 is 9.90 Å². The zero-order chi connectivity index (χ0) is 22.1. The fourth-order valence-electron chi connectivity index (χ4n) is 5.04. The van der Waals surface area contributed by atoms with Crippen LogP contribution in [0.15, 0.2) is 66.7 Å². The van der Waals surface area contributed by atoms with Gasteiger partial charge in [0.05, 0.1) is 11.4 Å². The molecule has 0 bridgehead atoms. The molecule has 0 saturated heterocycles. The number of rotatable bonds is 5. The largest absolute Gasteiger partial charge is 0.481 e. The highest BCUT2D eigenvalue weighted by Crippen LogP contribution is 2.39. The summed E-state index contributed by atoms with van der Waals surface area (Å²) in [6.07, 6.45) is 4.55. The number of hydrogen-bond donors (Lipinski definition) is 3. The topological polar surface area (TPSA) is 61.4 Å². The molecular formula is C27H27ClN2O2. The molecule has 0 spiro atoms. The molecule has 1 aliphatic heterocycles. The third-order valence-corrected chi connectivity index (χ3v) is 7.09. The molecule has 4 nitrogen and oxygen atoms in total. The first kappa shape index (κ1) is 20.9. The Morgan fingerprint density at radius 2 is 1.41 bits per heavy atom. The first-order chi connectivity index (χ1) is 15.5. The van der Waals surface area contributed by atoms with E-state index in [0.717, 1.165) is 42.1 Å². The maximum absolute atomic E-state index is 10.9. The number of benzene rings is 3. The molecule has 0 aromatic heterocycles. The number of fused-ring (bicyclic) bond motifs is 1. The quantitative estimate of drug-likeness (QED) is 0.385. The van der Waals surface area contributed by atoms with E-state index in [9.17, 15) is 4.79 Å². The van der Waals surface area contributed by atoms with Crippen molar-refractivity contribution in [1.82, 2.24) is 0 Å². The Morgan fingerprint density at radius 3 is 2.03 bits per heavy atom. The van der Waals surface area contributed by atoms with Gasteiger partial charge < -0.3 is 15.7 Å². The van der Waals surface area contributed by atoms with Gasteiger partial charge in [0.25, 0.3) is 0 Å². The lowest BCUT2D eigenvalue weighted by Crippen LogP contribution is -2.16. The first-order valence-electron chi connectivity index (χ1n) is 11.3.